The minimum Gasteiger partial charge on any atom is -0.378 e. The van der Waals surface area contributed by atoms with Crippen LogP contribution in [-0.2, 0) is 11.2 Å². The Labute approximate surface area is 171 Å². The van der Waals surface area contributed by atoms with Crippen molar-refractivity contribution in [2.75, 3.05) is 31.2 Å². The number of nitrogens with one attached hydrogen (secondary N) is 2. The maximum absolute atomic E-state index is 12.8. The lowest BCUT2D eigenvalue weighted by atomic mass is 9.74. The van der Waals surface area contributed by atoms with Gasteiger partial charge in [0.15, 0.2) is 0 Å². The fourth-order valence-corrected chi connectivity index (χ4v) is 4.06. The number of amides is 1. The Morgan fingerprint density at radius 2 is 2.10 bits per heavy atom. The van der Waals surface area contributed by atoms with Gasteiger partial charge < -0.3 is 15.0 Å². The van der Waals surface area contributed by atoms with Gasteiger partial charge in [-0.2, -0.15) is 5.10 Å². The average Bonchev–Trinajstić information content (AvgIpc) is 3.18. The zero-order valence-corrected chi connectivity index (χ0v) is 17.7. The van der Waals surface area contributed by atoms with Crippen molar-refractivity contribution in [2.24, 2.45) is 5.41 Å². The number of fused-ring (bicyclic) bond motifs is 1. The van der Waals surface area contributed by atoms with Crippen molar-refractivity contribution >= 4 is 11.9 Å². The maximum Gasteiger partial charge on any atom is 0.272 e. The lowest BCUT2D eigenvalue weighted by Gasteiger charge is -2.37. The van der Waals surface area contributed by atoms with E-state index in [-0.39, 0.29) is 17.4 Å². The van der Waals surface area contributed by atoms with Crippen molar-refractivity contribution in [1.29, 1.82) is 0 Å². The van der Waals surface area contributed by atoms with E-state index in [0.717, 1.165) is 48.8 Å². The zero-order chi connectivity index (χ0) is 20.6. The van der Waals surface area contributed by atoms with Crippen molar-refractivity contribution in [1.82, 2.24) is 25.5 Å². The van der Waals surface area contributed by atoms with Crippen LogP contribution in [0.5, 0.6) is 0 Å². The Morgan fingerprint density at radius 3 is 2.79 bits per heavy atom. The fourth-order valence-electron chi connectivity index (χ4n) is 4.06. The molecule has 0 aromatic carbocycles. The normalized spacial score (nSPS) is 21.1. The van der Waals surface area contributed by atoms with Gasteiger partial charge in [0.1, 0.15) is 5.69 Å². The first-order chi connectivity index (χ1) is 13.8. The lowest BCUT2D eigenvalue weighted by Crippen LogP contribution is -2.39. The summed E-state index contributed by atoms with van der Waals surface area (Å²) in [6.45, 7) is 11.6. The zero-order valence-electron chi connectivity index (χ0n) is 17.7. The molecule has 2 aromatic rings. The molecule has 3 heterocycles. The van der Waals surface area contributed by atoms with Crippen molar-refractivity contribution < 1.29 is 9.53 Å². The molecule has 156 valence electrons. The minimum atomic E-state index is -0.168. The lowest BCUT2D eigenvalue weighted by molar-refractivity contribution is 0.0913. The molecule has 8 nitrogen and oxygen atoms in total. The summed E-state index contributed by atoms with van der Waals surface area (Å²) < 4.78 is 5.43. The highest BCUT2D eigenvalue weighted by Gasteiger charge is 2.35. The Bertz CT molecular complexity index is 885. The number of H-pyrrole nitrogens is 1. The van der Waals surface area contributed by atoms with Crippen LogP contribution in [0, 0.1) is 5.41 Å². The summed E-state index contributed by atoms with van der Waals surface area (Å²) in [5.74, 6) is 0.883. The predicted octanol–water partition coefficient (Wildman–Crippen LogP) is 2.60. The summed E-state index contributed by atoms with van der Waals surface area (Å²) in [4.78, 5) is 24.5. The molecule has 1 fully saturated rings. The highest BCUT2D eigenvalue weighted by Crippen LogP contribution is 2.40. The molecule has 2 aromatic heterocycles. The number of rotatable bonds is 4. The molecular formula is C21H30N6O2. The van der Waals surface area contributed by atoms with Gasteiger partial charge in [0, 0.05) is 30.5 Å². The Morgan fingerprint density at radius 1 is 1.34 bits per heavy atom. The first-order valence-corrected chi connectivity index (χ1v) is 10.4. The second kappa shape index (κ2) is 7.74. The Hall–Kier alpha value is -2.48. The molecule has 4 rings (SSSR count). The van der Waals surface area contributed by atoms with Crippen LogP contribution in [0.2, 0.25) is 0 Å². The largest absolute Gasteiger partial charge is 0.378 e. The van der Waals surface area contributed by atoms with Crippen LogP contribution in [0.1, 0.15) is 73.5 Å². The smallest absolute Gasteiger partial charge is 0.272 e. The summed E-state index contributed by atoms with van der Waals surface area (Å²) in [5, 5.41) is 10.3. The predicted molar refractivity (Wildman–Crippen MR) is 110 cm³/mol. The summed E-state index contributed by atoms with van der Waals surface area (Å²) in [6, 6.07) is 1.70. The van der Waals surface area contributed by atoms with Crippen LogP contribution in [0.15, 0.2) is 12.3 Å². The van der Waals surface area contributed by atoms with Gasteiger partial charge in [0.2, 0.25) is 5.95 Å². The monoisotopic (exact) mass is 398 g/mol. The number of aromatic nitrogens is 4. The van der Waals surface area contributed by atoms with Crippen molar-refractivity contribution in [3.8, 4) is 0 Å². The molecule has 1 amide bonds. The number of anilines is 1. The average molecular weight is 399 g/mol. The van der Waals surface area contributed by atoms with Crippen molar-refractivity contribution in [3.05, 3.63) is 34.9 Å². The quantitative estimate of drug-likeness (QED) is 0.822. The third-order valence-corrected chi connectivity index (χ3v) is 5.72. The van der Waals surface area contributed by atoms with Gasteiger partial charge in [0.05, 0.1) is 24.9 Å². The van der Waals surface area contributed by atoms with Crippen molar-refractivity contribution in [2.45, 2.75) is 52.5 Å². The van der Waals surface area contributed by atoms with E-state index in [1.807, 2.05) is 12.3 Å². The van der Waals surface area contributed by atoms with Gasteiger partial charge in [-0.05, 0) is 30.2 Å². The second-order valence-corrected chi connectivity index (χ2v) is 9.11. The third-order valence-electron chi connectivity index (χ3n) is 5.72. The molecular weight excluding hydrogens is 368 g/mol. The molecule has 0 saturated carbocycles. The number of morpholine rings is 1. The Balaban J connectivity index is 1.57. The molecule has 2 N–H and O–H groups in total. The maximum atomic E-state index is 12.8. The highest BCUT2D eigenvalue weighted by molar-refractivity contribution is 5.92. The number of nitrogens with zero attached hydrogens (tertiary/aromatic N) is 4. The third kappa shape index (κ3) is 4.27. The van der Waals surface area contributed by atoms with Crippen LogP contribution in [0.25, 0.3) is 0 Å². The molecule has 1 aliphatic carbocycles. The molecule has 2 aliphatic rings. The van der Waals surface area contributed by atoms with E-state index in [1.165, 1.54) is 0 Å². The molecule has 8 heteroatoms. The second-order valence-electron chi connectivity index (χ2n) is 9.11. The van der Waals surface area contributed by atoms with Gasteiger partial charge in [0.25, 0.3) is 5.91 Å². The van der Waals surface area contributed by atoms with Crippen LogP contribution in [-0.4, -0.2) is 52.4 Å². The SMILES string of the molecule is CC(C)c1cc(C(=O)NC2CC(C)(C)Cc3nc(N4CCOCC4)ncc32)n[nH]1. The number of carbonyl (C=O) groups is 1. The standard InChI is InChI=1S/C21H30N6O2/c1-13(2)15-9-16(26-25-15)19(28)23-17-10-21(3,4)11-18-14(17)12-22-20(24-18)27-5-7-29-8-6-27/h9,12-13,17H,5-8,10-11H2,1-4H3,(H,23,28)(H,25,26). The van der Waals surface area contributed by atoms with E-state index in [9.17, 15) is 4.79 Å². The van der Waals surface area contributed by atoms with Gasteiger partial charge in [-0.25, -0.2) is 9.97 Å². The summed E-state index contributed by atoms with van der Waals surface area (Å²) in [5.41, 5.74) is 3.45. The summed E-state index contributed by atoms with van der Waals surface area (Å²) in [6.07, 6.45) is 3.60. The number of hydrogen-bond acceptors (Lipinski definition) is 6. The van der Waals surface area contributed by atoms with Gasteiger partial charge >= 0.3 is 0 Å². The summed E-state index contributed by atoms with van der Waals surface area (Å²) >= 11 is 0. The first kappa shape index (κ1) is 19.8. The minimum absolute atomic E-state index is 0.0379. The van der Waals surface area contributed by atoms with Crippen molar-refractivity contribution in [3.63, 3.8) is 0 Å². The van der Waals surface area contributed by atoms with E-state index in [0.29, 0.717) is 24.8 Å². The van der Waals surface area contributed by atoms with Gasteiger partial charge in [-0.15, -0.1) is 0 Å². The summed E-state index contributed by atoms with van der Waals surface area (Å²) in [7, 11) is 0. The number of carbonyl (C=O) groups excluding carboxylic acids is 1. The first-order valence-electron chi connectivity index (χ1n) is 10.4. The van der Waals surface area contributed by atoms with Gasteiger partial charge in [-0.3, -0.25) is 9.89 Å². The Kier molecular flexibility index (Phi) is 5.29. The van der Waals surface area contributed by atoms with E-state index in [1.54, 1.807) is 0 Å². The molecule has 1 unspecified atom stereocenters. The number of ether oxygens (including phenoxy) is 1. The van der Waals surface area contributed by atoms with Gasteiger partial charge in [-0.1, -0.05) is 27.7 Å². The van der Waals surface area contributed by atoms with Crippen LogP contribution < -0.4 is 10.2 Å². The number of aromatic amines is 1. The molecule has 1 saturated heterocycles. The molecule has 0 bridgehead atoms. The molecule has 29 heavy (non-hydrogen) atoms. The highest BCUT2D eigenvalue weighted by atomic mass is 16.5. The van der Waals surface area contributed by atoms with Crippen LogP contribution in [0.3, 0.4) is 0 Å². The fraction of sp³-hybridized carbons (Fsp3) is 0.619. The van der Waals surface area contributed by atoms with Crippen LogP contribution >= 0.6 is 0 Å². The molecule has 0 radical (unpaired) electrons. The van der Waals surface area contributed by atoms with E-state index in [2.05, 4.69) is 53.1 Å². The van der Waals surface area contributed by atoms with E-state index >= 15 is 0 Å². The van der Waals surface area contributed by atoms with E-state index < -0.39 is 0 Å². The molecule has 0 spiro atoms. The topological polar surface area (TPSA) is 96.0 Å². The van der Waals surface area contributed by atoms with E-state index in [4.69, 9.17) is 9.72 Å². The molecule has 1 aliphatic heterocycles. The number of hydrogen-bond donors (Lipinski definition) is 2. The van der Waals surface area contributed by atoms with Crippen LogP contribution in [0.4, 0.5) is 5.95 Å². The molecule has 1 atom stereocenters.